The van der Waals surface area contributed by atoms with Gasteiger partial charge >= 0.3 is 0 Å². The van der Waals surface area contributed by atoms with Crippen LogP contribution in [-0.2, 0) is 0 Å². The minimum atomic E-state index is -0.565. The van der Waals surface area contributed by atoms with Crippen LogP contribution >= 0.6 is 23.2 Å². The summed E-state index contributed by atoms with van der Waals surface area (Å²) >= 11 is 12.2. The number of nitro groups is 1. The highest BCUT2D eigenvalue weighted by Crippen LogP contribution is 2.44. The first-order valence-electron chi connectivity index (χ1n) is 8.13. The minimum Gasteiger partial charge on any atom is -0.454 e. The maximum absolute atomic E-state index is 11.7. The second-order valence-electron chi connectivity index (χ2n) is 6.03. The molecule has 2 aromatic carbocycles. The normalized spacial score (nSPS) is 11.9. The van der Waals surface area contributed by atoms with Gasteiger partial charge in [0.05, 0.1) is 27.3 Å². The molecule has 0 saturated heterocycles. The van der Waals surface area contributed by atoms with Gasteiger partial charge in [-0.05, 0) is 30.3 Å². The summed E-state index contributed by atoms with van der Waals surface area (Å²) in [6, 6.07) is 11.0. The van der Waals surface area contributed by atoms with Gasteiger partial charge in [0.25, 0.3) is 5.69 Å². The van der Waals surface area contributed by atoms with Crippen molar-refractivity contribution >= 4 is 34.7 Å². The van der Waals surface area contributed by atoms with Gasteiger partial charge in [0.2, 0.25) is 6.79 Å². The number of nitriles is 1. The molecule has 2 N–H and O–H groups in total. The second kappa shape index (κ2) is 7.13. The molecule has 0 bridgehead atoms. The molecule has 29 heavy (non-hydrogen) atoms. The maximum atomic E-state index is 11.7. The van der Waals surface area contributed by atoms with Crippen molar-refractivity contribution < 1.29 is 14.4 Å². The Balaban J connectivity index is 2.01. The summed E-state index contributed by atoms with van der Waals surface area (Å²) in [4.78, 5) is 15.3. The lowest BCUT2D eigenvalue weighted by molar-refractivity contribution is -0.384. The lowest BCUT2D eigenvalue weighted by Crippen LogP contribution is -2.01. The lowest BCUT2D eigenvalue weighted by atomic mass is 9.96. The molecule has 2 heterocycles. The number of halogens is 2. The third-order valence-electron chi connectivity index (χ3n) is 4.34. The topological polar surface area (TPSA) is 124 Å². The number of hydrogen-bond donors (Lipinski definition) is 1. The molecule has 0 aliphatic carbocycles. The first-order valence-corrected chi connectivity index (χ1v) is 8.89. The van der Waals surface area contributed by atoms with Crippen LogP contribution < -0.4 is 15.2 Å². The molecule has 4 rings (SSSR count). The van der Waals surface area contributed by atoms with E-state index in [4.69, 9.17) is 38.4 Å². The summed E-state index contributed by atoms with van der Waals surface area (Å²) in [6.45, 7) is -0.0504. The summed E-state index contributed by atoms with van der Waals surface area (Å²) in [6.07, 6.45) is 0. The van der Waals surface area contributed by atoms with Gasteiger partial charge < -0.3 is 15.2 Å². The maximum Gasteiger partial charge on any atom is 0.281 e. The molecule has 1 aromatic heterocycles. The van der Waals surface area contributed by atoms with Crippen molar-refractivity contribution in [2.45, 2.75) is 0 Å². The standard InChI is InChI=1S/C19H10Cl2N4O4/c20-9-1-2-10(14(21)3-9)15-4-11(13(7-22)19(23)24-15)12-5-17-18(29-8-28-17)6-16(12)25(26)27/h1-6H,8H2,(H2,23,24). The molecular formula is C19H10Cl2N4O4. The van der Waals surface area contributed by atoms with Gasteiger partial charge in [-0.2, -0.15) is 5.26 Å². The fraction of sp³-hybridized carbons (Fsp3) is 0.0526. The van der Waals surface area contributed by atoms with Crippen molar-refractivity contribution in [3.8, 4) is 40.0 Å². The number of ether oxygens (including phenoxy) is 2. The number of nitro benzene ring substituents is 1. The molecule has 0 saturated carbocycles. The zero-order chi connectivity index (χ0) is 20.7. The van der Waals surface area contributed by atoms with E-state index in [1.54, 1.807) is 12.1 Å². The van der Waals surface area contributed by atoms with Gasteiger partial charge in [-0.15, -0.1) is 0 Å². The monoisotopic (exact) mass is 428 g/mol. The SMILES string of the molecule is N#Cc1c(-c2cc3c(cc2[N+](=O)[O-])OCO3)cc(-c2ccc(Cl)cc2Cl)nc1N. The quantitative estimate of drug-likeness (QED) is 0.468. The highest BCUT2D eigenvalue weighted by molar-refractivity contribution is 6.36. The van der Waals surface area contributed by atoms with Crippen molar-refractivity contribution in [2.24, 2.45) is 0 Å². The number of nitrogens with zero attached hydrogens (tertiary/aromatic N) is 3. The summed E-state index contributed by atoms with van der Waals surface area (Å²) in [5.74, 6) is 0.496. The predicted molar refractivity (Wildman–Crippen MR) is 107 cm³/mol. The lowest BCUT2D eigenvalue weighted by Gasteiger charge is -2.12. The largest absolute Gasteiger partial charge is 0.454 e. The van der Waals surface area contributed by atoms with Gasteiger partial charge in [-0.25, -0.2) is 4.98 Å². The Bertz CT molecular complexity index is 1220. The Morgan fingerprint density at radius 1 is 1.10 bits per heavy atom. The molecule has 3 aromatic rings. The Labute approximate surface area is 174 Å². The van der Waals surface area contributed by atoms with Crippen molar-refractivity contribution in [3.05, 3.63) is 62.1 Å². The number of anilines is 1. The minimum absolute atomic E-state index is 0.000742. The number of pyridine rings is 1. The number of nitrogens with two attached hydrogens (primary N) is 1. The molecular weight excluding hydrogens is 419 g/mol. The number of benzene rings is 2. The van der Waals surface area contributed by atoms with E-state index in [9.17, 15) is 15.4 Å². The van der Waals surface area contributed by atoms with Gasteiger partial charge in [-0.3, -0.25) is 10.1 Å². The van der Waals surface area contributed by atoms with Crippen LogP contribution in [0.2, 0.25) is 10.0 Å². The van der Waals surface area contributed by atoms with Gasteiger partial charge in [0.1, 0.15) is 17.5 Å². The molecule has 0 spiro atoms. The molecule has 0 fully saturated rings. The molecule has 10 heteroatoms. The van der Waals surface area contributed by atoms with E-state index in [1.165, 1.54) is 24.3 Å². The van der Waals surface area contributed by atoms with Crippen LogP contribution in [0.3, 0.4) is 0 Å². The zero-order valence-electron chi connectivity index (χ0n) is 14.5. The van der Waals surface area contributed by atoms with E-state index >= 15 is 0 Å². The van der Waals surface area contributed by atoms with E-state index in [2.05, 4.69) is 4.98 Å². The summed E-state index contributed by atoms with van der Waals surface area (Å²) < 4.78 is 10.6. The van der Waals surface area contributed by atoms with Crippen molar-refractivity contribution in [2.75, 3.05) is 12.5 Å². The Kier molecular flexibility index (Phi) is 4.62. The summed E-state index contributed by atoms with van der Waals surface area (Å²) in [5, 5.41) is 22.0. The average molecular weight is 429 g/mol. The van der Waals surface area contributed by atoms with E-state index in [0.29, 0.717) is 27.1 Å². The number of nitrogen functional groups attached to an aromatic ring is 1. The Morgan fingerprint density at radius 3 is 2.48 bits per heavy atom. The van der Waals surface area contributed by atoms with Gasteiger partial charge in [0, 0.05) is 16.1 Å². The number of fused-ring (bicyclic) bond motifs is 1. The molecule has 1 aliphatic rings. The van der Waals surface area contributed by atoms with Crippen LogP contribution in [0.5, 0.6) is 11.5 Å². The highest BCUT2D eigenvalue weighted by atomic mass is 35.5. The van der Waals surface area contributed by atoms with Gasteiger partial charge in [-0.1, -0.05) is 23.2 Å². The molecule has 1 aliphatic heterocycles. The van der Waals surface area contributed by atoms with Crippen LogP contribution in [0.4, 0.5) is 11.5 Å². The third-order valence-corrected chi connectivity index (χ3v) is 4.89. The molecule has 0 atom stereocenters. The van der Waals surface area contributed by atoms with Crippen LogP contribution in [-0.4, -0.2) is 16.7 Å². The van der Waals surface area contributed by atoms with E-state index in [1.807, 2.05) is 6.07 Å². The first-order chi connectivity index (χ1) is 13.9. The molecule has 144 valence electrons. The number of rotatable bonds is 3. The number of aromatic nitrogens is 1. The Hall–Kier alpha value is -3.54. The molecule has 8 nitrogen and oxygen atoms in total. The van der Waals surface area contributed by atoms with Crippen LogP contribution in [0.25, 0.3) is 22.4 Å². The van der Waals surface area contributed by atoms with Crippen molar-refractivity contribution in [3.63, 3.8) is 0 Å². The average Bonchev–Trinajstić information content (AvgIpc) is 3.13. The number of hydrogen-bond acceptors (Lipinski definition) is 7. The van der Waals surface area contributed by atoms with Crippen LogP contribution in [0, 0.1) is 21.4 Å². The van der Waals surface area contributed by atoms with E-state index in [-0.39, 0.29) is 40.7 Å². The second-order valence-corrected chi connectivity index (χ2v) is 6.87. The van der Waals surface area contributed by atoms with Crippen molar-refractivity contribution in [1.29, 1.82) is 5.26 Å². The molecule has 0 amide bonds. The van der Waals surface area contributed by atoms with Crippen molar-refractivity contribution in [1.82, 2.24) is 4.98 Å². The summed E-state index contributed by atoms with van der Waals surface area (Å²) in [5.41, 5.74) is 6.97. The fourth-order valence-corrected chi connectivity index (χ4v) is 3.53. The predicted octanol–water partition coefficient (Wildman–Crippen LogP) is 4.81. The smallest absolute Gasteiger partial charge is 0.281 e. The molecule has 0 unspecified atom stereocenters. The van der Waals surface area contributed by atoms with Gasteiger partial charge in [0.15, 0.2) is 11.5 Å². The van der Waals surface area contributed by atoms with E-state index < -0.39 is 4.92 Å². The zero-order valence-corrected chi connectivity index (χ0v) is 16.0. The van der Waals surface area contributed by atoms with Crippen LogP contribution in [0.1, 0.15) is 5.56 Å². The fourth-order valence-electron chi connectivity index (χ4n) is 3.03. The highest BCUT2D eigenvalue weighted by Gasteiger charge is 2.27. The Morgan fingerprint density at radius 2 is 1.83 bits per heavy atom. The van der Waals surface area contributed by atoms with E-state index in [0.717, 1.165) is 0 Å². The molecule has 0 radical (unpaired) electrons. The van der Waals surface area contributed by atoms with Crippen LogP contribution in [0.15, 0.2) is 36.4 Å². The summed E-state index contributed by atoms with van der Waals surface area (Å²) in [7, 11) is 0. The first kappa shape index (κ1) is 18.8. The third kappa shape index (κ3) is 3.27.